The summed E-state index contributed by atoms with van der Waals surface area (Å²) in [7, 11) is 2.81. The number of halogens is 2. The Morgan fingerprint density at radius 2 is 1.84 bits per heavy atom. The number of ether oxygens (including phenoxy) is 2. The van der Waals surface area contributed by atoms with Gasteiger partial charge in [0.15, 0.2) is 11.5 Å². The zero-order valence-electron chi connectivity index (χ0n) is 11.4. The number of hydrogen-bond acceptors (Lipinski definition) is 3. The number of alkyl halides is 2. The molecule has 0 amide bonds. The summed E-state index contributed by atoms with van der Waals surface area (Å²) in [4.78, 5) is 0. The van der Waals surface area contributed by atoms with Crippen molar-refractivity contribution in [1.29, 1.82) is 0 Å². The van der Waals surface area contributed by atoms with Gasteiger partial charge in [0.2, 0.25) is 0 Å². The van der Waals surface area contributed by atoms with E-state index in [1.807, 2.05) is 6.92 Å². The molecule has 0 saturated heterocycles. The quantitative estimate of drug-likeness (QED) is 0.895. The van der Waals surface area contributed by atoms with E-state index < -0.39 is 6.43 Å². The van der Waals surface area contributed by atoms with E-state index in [4.69, 9.17) is 15.2 Å². The molecule has 3 nitrogen and oxygen atoms in total. The summed E-state index contributed by atoms with van der Waals surface area (Å²) < 4.78 is 36.5. The van der Waals surface area contributed by atoms with Crippen LogP contribution in [0.25, 0.3) is 0 Å². The van der Waals surface area contributed by atoms with E-state index in [0.29, 0.717) is 5.75 Å². The van der Waals surface area contributed by atoms with Gasteiger partial charge in [0, 0.05) is 11.5 Å². The van der Waals surface area contributed by atoms with Gasteiger partial charge in [-0.2, -0.15) is 0 Å². The number of methoxy groups -OCH3 is 2. The Morgan fingerprint density at radius 1 is 1.21 bits per heavy atom. The highest BCUT2D eigenvalue weighted by Crippen LogP contribution is 2.53. The number of rotatable bonds is 5. The third kappa shape index (κ3) is 2.27. The standard InChI is InChI=1S/C14H19F2NO2/c1-8(17)14(4-5-14)9-6-10(13(15)16)12(19-3)11(7-9)18-2/h6-8,13H,4-5,17H2,1-3H3. The van der Waals surface area contributed by atoms with Crippen molar-refractivity contribution in [2.24, 2.45) is 5.73 Å². The minimum absolute atomic E-state index is 0.0730. The fourth-order valence-corrected chi connectivity index (χ4v) is 2.58. The molecule has 0 heterocycles. The SMILES string of the molecule is COc1cc(C2(C(C)N)CC2)cc(C(F)F)c1OC. The summed E-state index contributed by atoms with van der Waals surface area (Å²) in [6, 6.07) is 3.19. The molecule has 1 atom stereocenters. The molecular weight excluding hydrogens is 252 g/mol. The van der Waals surface area contributed by atoms with Crippen LogP contribution in [0.5, 0.6) is 11.5 Å². The van der Waals surface area contributed by atoms with Crippen molar-refractivity contribution in [2.75, 3.05) is 14.2 Å². The fraction of sp³-hybridized carbons (Fsp3) is 0.571. The highest BCUT2D eigenvalue weighted by atomic mass is 19.3. The van der Waals surface area contributed by atoms with E-state index in [2.05, 4.69) is 0 Å². The zero-order valence-corrected chi connectivity index (χ0v) is 11.4. The van der Waals surface area contributed by atoms with Crippen LogP contribution in [0.3, 0.4) is 0 Å². The third-order valence-corrected chi connectivity index (χ3v) is 3.98. The molecule has 1 unspecified atom stereocenters. The van der Waals surface area contributed by atoms with Crippen LogP contribution in [0.15, 0.2) is 12.1 Å². The molecule has 2 N–H and O–H groups in total. The molecule has 1 fully saturated rings. The van der Waals surface area contributed by atoms with Gasteiger partial charge in [-0.15, -0.1) is 0 Å². The minimum atomic E-state index is -2.60. The summed E-state index contributed by atoms with van der Waals surface area (Å²) in [6.45, 7) is 1.91. The summed E-state index contributed by atoms with van der Waals surface area (Å²) in [6.07, 6.45) is -0.765. The second kappa shape index (κ2) is 4.96. The van der Waals surface area contributed by atoms with E-state index in [9.17, 15) is 8.78 Å². The average Bonchev–Trinajstić information content (AvgIpc) is 3.18. The zero-order chi connectivity index (χ0) is 14.2. The van der Waals surface area contributed by atoms with Crippen LogP contribution in [-0.2, 0) is 5.41 Å². The molecule has 5 heteroatoms. The predicted molar refractivity (Wildman–Crippen MR) is 69.1 cm³/mol. The van der Waals surface area contributed by atoms with Crippen molar-refractivity contribution in [2.45, 2.75) is 37.6 Å². The minimum Gasteiger partial charge on any atom is -0.493 e. The first-order valence-corrected chi connectivity index (χ1v) is 6.26. The Bertz CT molecular complexity index is 471. The van der Waals surface area contributed by atoms with Crippen molar-refractivity contribution in [3.05, 3.63) is 23.3 Å². The number of benzene rings is 1. The van der Waals surface area contributed by atoms with Gasteiger partial charge in [0.25, 0.3) is 6.43 Å². The van der Waals surface area contributed by atoms with Gasteiger partial charge in [0.1, 0.15) is 0 Å². The first-order chi connectivity index (χ1) is 8.96. The Hall–Kier alpha value is -1.36. The molecule has 1 saturated carbocycles. The number of hydrogen-bond donors (Lipinski definition) is 1. The summed E-state index contributed by atoms with van der Waals surface area (Å²) in [5.74, 6) is 0.434. The second-order valence-corrected chi connectivity index (χ2v) is 5.05. The topological polar surface area (TPSA) is 44.5 Å². The van der Waals surface area contributed by atoms with Crippen LogP contribution < -0.4 is 15.2 Å². The molecule has 0 aliphatic heterocycles. The van der Waals surface area contributed by atoms with Crippen LogP contribution >= 0.6 is 0 Å². The lowest BCUT2D eigenvalue weighted by atomic mass is 9.88. The van der Waals surface area contributed by atoms with E-state index >= 15 is 0 Å². The largest absolute Gasteiger partial charge is 0.493 e. The summed E-state index contributed by atoms with van der Waals surface area (Å²) in [5, 5.41) is 0. The number of nitrogens with two attached hydrogens (primary N) is 1. The maximum Gasteiger partial charge on any atom is 0.267 e. The molecular formula is C14H19F2NO2. The van der Waals surface area contributed by atoms with Crippen molar-refractivity contribution in [1.82, 2.24) is 0 Å². The molecule has 106 valence electrons. The summed E-state index contributed by atoms with van der Waals surface area (Å²) >= 11 is 0. The van der Waals surface area contributed by atoms with Crippen molar-refractivity contribution < 1.29 is 18.3 Å². The smallest absolute Gasteiger partial charge is 0.267 e. The highest BCUT2D eigenvalue weighted by molar-refractivity contribution is 5.53. The van der Waals surface area contributed by atoms with Crippen LogP contribution in [-0.4, -0.2) is 20.3 Å². The van der Waals surface area contributed by atoms with Gasteiger partial charge < -0.3 is 15.2 Å². The van der Waals surface area contributed by atoms with Crippen molar-refractivity contribution in [3.63, 3.8) is 0 Å². The van der Waals surface area contributed by atoms with Gasteiger partial charge in [-0.1, -0.05) is 0 Å². The molecule has 0 spiro atoms. The van der Waals surface area contributed by atoms with Crippen LogP contribution in [0.2, 0.25) is 0 Å². The van der Waals surface area contributed by atoms with Gasteiger partial charge in [-0.05, 0) is 37.5 Å². The van der Waals surface area contributed by atoms with E-state index in [0.717, 1.165) is 18.4 Å². The normalized spacial score (nSPS) is 18.3. The average molecular weight is 271 g/mol. The first-order valence-electron chi connectivity index (χ1n) is 6.26. The first kappa shape index (κ1) is 14.1. The van der Waals surface area contributed by atoms with Crippen LogP contribution in [0.4, 0.5) is 8.78 Å². The molecule has 0 radical (unpaired) electrons. The lowest BCUT2D eigenvalue weighted by Crippen LogP contribution is -2.31. The van der Waals surface area contributed by atoms with Gasteiger partial charge in [-0.3, -0.25) is 0 Å². The Labute approximate surface area is 111 Å². The predicted octanol–water partition coefficient (Wildman–Crippen LogP) is 3.02. The second-order valence-electron chi connectivity index (χ2n) is 5.05. The molecule has 1 aliphatic rings. The molecule has 19 heavy (non-hydrogen) atoms. The molecule has 1 aromatic carbocycles. The molecule has 0 aromatic heterocycles. The maximum absolute atomic E-state index is 13.2. The monoisotopic (exact) mass is 271 g/mol. The molecule has 1 aromatic rings. The third-order valence-electron chi connectivity index (χ3n) is 3.98. The van der Waals surface area contributed by atoms with Gasteiger partial charge in [-0.25, -0.2) is 8.78 Å². The fourth-order valence-electron chi connectivity index (χ4n) is 2.58. The maximum atomic E-state index is 13.2. The lowest BCUT2D eigenvalue weighted by Gasteiger charge is -2.23. The van der Waals surface area contributed by atoms with E-state index in [1.54, 1.807) is 6.07 Å². The Morgan fingerprint density at radius 3 is 2.21 bits per heavy atom. The van der Waals surface area contributed by atoms with Crippen molar-refractivity contribution in [3.8, 4) is 11.5 Å². The van der Waals surface area contributed by atoms with Crippen molar-refractivity contribution >= 4 is 0 Å². The van der Waals surface area contributed by atoms with Gasteiger partial charge >= 0.3 is 0 Å². The molecule has 2 rings (SSSR count). The van der Waals surface area contributed by atoms with Crippen LogP contribution in [0.1, 0.15) is 37.3 Å². The highest BCUT2D eigenvalue weighted by Gasteiger charge is 2.48. The van der Waals surface area contributed by atoms with Crippen LogP contribution in [0, 0.1) is 0 Å². The van der Waals surface area contributed by atoms with E-state index in [1.165, 1.54) is 20.3 Å². The molecule has 0 bridgehead atoms. The Kier molecular flexibility index (Phi) is 3.67. The lowest BCUT2D eigenvalue weighted by molar-refractivity contribution is 0.146. The van der Waals surface area contributed by atoms with E-state index in [-0.39, 0.29) is 22.8 Å². The molecule has 1 aliphatic carbocycles. The van der Waals surface area contributed by atoms with Gasteiger partial charge in [0.05, 0.1) is 19.8 Å². The Balaban J connectivity index is 2.56. The summed E-state index contributed by atoms with van der Waals surface area (Å²) in [5.41, 5.74) is 6.48.